The molecule has 0 saturated heterocycles. The zero-order chi connectivity index (χ0) is 9.97. The minimum atomic E-state index is 0.458. The minimum Gasteiger partial charge on any atom is -0.325 e. The summed E-state index contributed by atoms with van der Waals surface area (Å²) in [5.74, 6) is 0.753. The summed E-state index contributed by atoms with van der Waals surface area (Å²) in [6.07, 6.45) is 3.50. The van der Waals surface area contributed by atoms with Gasteiger partial charge in [0.15, 0.2) is 0 Å². The molecule has 0 unspecified atom stereocenters. The van der Waals surface area contributed by atoms with Gasteiger partial charge in [0.05, 0.1) is 5.69 Å². The van der Waals surface area contributed by atoms with Crippen LogP contribution in [0.15, 0.2) is 18.5 Å². The van der Waals surface area contributed by atoms with Crippen LogP contribution in [0, 0.1) is 6.92 Å². The Hall–Kier alpha value is -1.75. The summed E-state index contributed by atoms with van der Waals surface area (Å²) < 4.78 is 0. The predicted molar refractivity (Wildman–Crippen MR) is 52.2 cm³/mol. The highest BCUT2D eigenvalue weighted by atomic mass is 15.1. The number of aromatic nitrogens is 4. The van der Waals surface area contributed by atoms with E-state index < -0.39 is 0 Å². The van der Waals surface area contributed by atoms with Gasteiger partial charge < -0.3 is 5.73 Å². The molecule has 0 spiro atoms. The van der Waals surface area contributed by atoms with Gasteiger partial charge in [0, 0.05) is 30.2 Å². The van der Waals surface area contributed by atoms with Gasteiger partial charge in [-0.3, -0.25) is 5.10 Å². The van der Waals surface area contributed by atoms with E-state index in [1.54, 1.807) is 12.4 Å². The molecule has 2 rings (SSSR count). The average Bonchev–Trinajstić information content (AvgIpc) is 2.67. The zero-order valence-electron chi connectivity index (χ0n) is 7.86. The lowest BCUT2D eigenvalue weighted by atomic mass is 10.2. The zero-order valence-corrected chi connectivity index (χ0v) is 7.86. The molecule has 0 radical (unpaired) electrons. The first-order valence-corrected chi connectivity index (χ1v) is 4.33. The van der Waals surface area contributed by atoms with E-state index in [0.29, 0.717) is 6.54 Å². The molecule has 0 fully saturated rings. The van der Waals surface area contributed by atoms with Crippen molar-refractivity contribution in [2.24, 2.45) is 5.73 Å². The van der Waals surface area contributed by atoms with Gasteiger partial charge in [0.1, 0.15) is 5.82 Å². The van der Waals surface area contributed by atoms with Crippen LogP contribution in [-0.4, -0.2) is 20.2 Å². The van der Waals surface area contributed by atoms with Crippen LogP contribution in [0.25, 0.3) is 11.3 Å². The molecule has 0 aliphatic rings. The van der Waals surface area contributed by atoms with Crippen LogP contribution in [0.3, 0.4) is 0 Å². The molecule has 3 N–H and O–H groups in total. The fraction of sp³-hybridized carbons (Fsp3) is 0.222. The lowest BCUT2D eigenvalue weighted by Gasteiger charge is -1.94. The van der Waals surface area contributed by atoms with Crippen LogP contribution in [-0.2, 0) is 6.54 Å². The van der Waals surface area contributed by atoms with E-state index in [9.17, 15) is 0 Å². The number of aryl methyl sites for hydroxylation is 1. The van der Waals surface area contributed by atoms with Crippen molar-refractivity contribution >= 4 is 0 Å². The highest BCUT2D eigenvalue weighted by molar-refractivity contribution is 5.56. The minimum absolute atomic E-state index is 0.458. The summed E-state index contributed by atoms with van der Waals surface area (Å²) in [7, 11) is 0. The van der Waals surface area contributed by atoms with Crippen LogP contribution in [0.1, 0.15) is 11.5 Å². The van der Waals surface area contributed by atoms with Gasteiger partial charge >= 0.3 is 0 Å². The Labute approximate surface area is 81.4 Å². The molecule has 72 valence electrons. The number of H-pyrrole nitrogens is 1. The van der Waals surface area contributed by atoms with Crippen LogP contribution in [0.2, 0.25) is 0 Å². The van der Waals surface area contributed by atoms with E-state index in [2.05, 4.69) is 20.2 Å². The van der Waals surface area contributed by atoms with Gasteiger partial charge in [0.25, 0.3) is 0 Å². The highest BCUT2D eigenvalue weighted by Gasteiger charge is 2.03. The van der Waals surface area contributed by atoms with Gasteiger partial charge in [-0.25, -0.2) is 9.97 Å². The van der Waals surface area contributed by atoms with Crippen LogP contribution in [0.4, 0.5) is 0 Å². The maximum absolute atomic E-state index is 5.46. The normalized spacial score (nSPS) is 10.4. The lowest BCUT2D eigenvalue weighted by molar-refractivity contribution is 0.947. The molecule has 0 saturated carbocycles. The van der Waals surface area contributed by atoms with Crippen molar-refractivity contribution in [2.45, 2.75) is 13.5 Å². The smallest absolute Gasteiger partial charge is 0.125 e. The maximum atomic E-state index is 5.46. The molecule has 5 nitrogen and oxygen atoms in total. The SMILES string of the molecule is Cc1ncc(-c2cc(CN)[nH]n2)cn1. The maximum Gasteiger partial charge on any atom is 0.125 e. The van der Waals surface area contributed by atoms with Gasteiger partial charge in [-0.05, 0) is 13.0 Å². The Morgan fingerprint density at radius 2 is 2.07 bits per heavy atom. The predicted octanol–water partition coefficient (Wildman–Crippen LogP) is 0.634. The number of nitrogens with zero attached hydrogens (tertiary/aromatic N) is 3. The summed E-state index contributed by atoms with van der Waals surface area (Å²) in [4.78, 5) is 8.19. The van der Waals surface area contributed by atoms with Gasteiger partial charge in [0.2, 0.25) is 0 Å². The number of hydrogen-bond donors (Lipinski definition) is 2. The lowest BCUT2D eigenvalue weighted by Crippen LogP contribution is -1.95. The van der Waals surface area contributed by atoms with Crippen molar-refractivity contribution in [1.82, 2.24) is 20.2 Å². The van der Waals surface area contributed by atoms with Crippen molar-refractivity contribution < 1.29 is 0 Å². The van der Waals surface area contributed by atoms with E-state index in [4.69, 9.17) is 5.73 Å². The van der Waals surface area contributed by atoms with Crippen LogP contribution in [0.5, 0.6) is 0 Å². The van der Waals surface area contributed by atoms with Crippen molar-refractivity contribution in [3.05, 3.63) is 30.0 Å². The monoisotopic (exact) mass is 189 g/mol. The standard InChI is InChI=1S/C9H11N5/c1-6-11-4-7(5-12-6)9-2-8(3-10)13-14-9/h2,4-5H,3,10H2,1H3,(H,13,14). The van der Waals surface area contributed by atoms with Crippen molar-refractivity contribution in [1.29, 1.82) is 0 Å². The molecule has 2 heterocycles. The van der Waals surface area contributed by atoms with Gasteiger partial charge in [-0.1, -0.05) is 0 Å². The summed E-state index contributed by atoms with van der Waals surface area (Å²) in [6.45, 7) is 2.30. The van der Waals surface area contributed by atoms with Crippen molar-refractivity contribution in [3.63, 3.8) is 0 Å². The summed E-state index contributed by atoms with van der Waals surface area (Å²) in [6, 6.07) is 1.90. The molecule has 0 aliphatic carbocycles. The molecular weight excluding hydrogens is 178 g/mol. The number of rotatable bonds is 2. The first kappa shape index (κ1) is 8.83. The van der Waals surface area contributed by atoms with Gasteiger partial charge in [-0.2, -0.15) is 5.10 Å². The van der Waals surface area contributed by atoms with E-state index in [0.717, 1.165) is 22.8 Å². The Kier molecular flexibility index (Phi) is 2.24. The third kappa shape index (κ3) is 1.62. The Morgan fingerprint density at radius 1 is 1.36 bits per heavy atom. The van der Waals surface area contributed by atoms with Crippen molar-refractivity contribution in [3.8, 4) is 11.3 Å². The van der Waals surface area contributed by atoms with Crippen LogP contribution < -0.4 is 5.73 Å². The average molecular weight is 189 g/mol. The van der Waals surface area contributed by atoms with Gasteiger partial charge in [-0.15, -0.1) is 0 Å². The molecule has 2 aromatic heterocycles. The summed E-state index contributed by atoms with van der Waals surface area (Å²) >= 11 is 0. The number of nitrogens with two attached hydrogens (primary N) is 1. The Bertz CT molecular complexity index is 417. The molecule has 14 heavy (non-hydrogen) atoms. The third-order valence-corrected chi connectivity index (χ3v) is 1.93. The first-order chi connectivity index (χ1) is 6.79. The van der Waals surface area contributed by atoms with E-state index in [-0.39, 0.29) is 0 Å². The fourth-order valence-corrected chi connectivity index (χ4v) is 1.14. The summed E-state index contributed by atoms with van der Waals surface area (Å²) in [5.41, 5.74) is 8.09. The number of aromatic amines is 1. The van der Waals surface area contributed by atoms with Crippen LogP contribution >= 0.6 is 0 Å². The second-order valence-corrected chi connectivity index (χ2v) is 3.00. The Morgan fingerprint density at radius 3 is 2.64 bits per heavy atom. The van der Waals surface area contributed by atoms with Crippen molar-refractivity contribution in [2.75, 3.05) is 0 Å². The van der Waals surface area contributed by atoms with E-state index in [1.165, 1.54) is 0 Å². The first-order valence-electron chi connectivity index (χ1n) is 4.33. The molecule has 5 heteroatoms. The highest BCUT2D eigenvalue weighted by Crippen LogP contribution is 2.14. The molecule has 0 atom stereocenters. The topological polar surface area (TPSA) is 80.5 Å². The second-order valence-electron chi connectivity index (χ2n) is 3.00. The molecule has 0 aliphatic heterocycles. The van der Waals surface area contributed by atoms with E-state index in [1.807, 2.05) is 13.0 Å². The molecule has 0 bridgehead atoms. The molecular formula is C9H11N5. The molecule has 2 aromatic rings. The van der Waals surface area contributed by atoms with E-state index >= 15 is 0 Å². The largest absolute Gasteiger partial charge is 0.325 e. The molecule has 0 amide bonds. The summed E-state index contributed by atoms with van der Waals surface area (Å²) in [5, 5.41) is 6.94. The fourth-order valence-electron chi connectivity index (χ4n) is 1.14. The third-order valence-electron chi connectivity index (χ3n) is 1.93. The molecule has 0 aromatic carbocycles. The second kappa shape index (κ2) is 3.55. The number of nitrogens with one attached hydrogen (secondary N) is 1. The number of hydrogen-bond acceptors (Lipinski definition) is 4. The Balaban J connectivity index is 2.34. The quantitative estimate of drug-likeness (QED) is 0.726.